The van der Waals surface area contributed by atoms with E-state index in [-0.39, 0.29) is 0 Å². The molecule has 0 amide bonds. The number of benzene rings is 2. The molecule has 0 radical (unpaired) electrons. The van der Waals surface area contributed by atoms with E-state index in [0.29, 0.717) is 16.4 Å². The molecule has 2 aromatic carbocycles. The Labute approximate surface area is 158 Å². The van der Waals surface area contributed by atoms with Crippen molar-refractivity contribution in [3.05, 3.63) is 68.6 Å². The van der Waals surface area contributed by atoms with E-state index in [4.69, 9.17) is 34.7 Å². The lowest BCUT2D eigenvalue weighted by Crippen LogP contribution is -1.88. The molecule has 7 heteroatoms. The zero-order valence-corrected chi connectivity index (χ0v) is 15.5. The van der Waals surface area contributed by atoms with Crippen molar-refractivity contribution in [2.45, 2.75) is 0 Å². The van der Waals surface area contributed by atoms with Gasteiger partial charge in [0.2, 0.25) is 0 Å². The number of nitrogen functional groups attached to an aromatic ring is 2. The molecule has 0 saturated carbocycles. The number of hydrogen-bond acceptors (Lipinski definition) is 4. The molecule has 3 rings (SSSR count). The Hall–Kier alpha value is -1.57. The number of nitrogens with two attached hydrogens (primary N) is 2. The molecule has 0 aliphatic heterocycles. The Morgan fingerprint density at radius 3 is 2.04 bits per heavy atom. The molecule has 0 fully saturated rings. The first-order valence-electron chi connectivity index (χ1n) is 6.49. The van der Waals surface area contributed by atoms with Crippen LogP contribution < -0.4 is 11.5 Å². The predicted octanol–water partition coefficient (Wildman–Crippen LogP) is 4.91. The van der Waals surface area contributed by atoms with Crippen LogP contribution in [0.25, 0.3) is 11.3 Å². The van der Waals surface area contributed by atoms with Crippen LogP contribution >= 0.6 is 45.8 Å². The van der Waals surface area contributed by atoms with Gasteiger partial charge in [-0.05, 0) is 59.0 Å². The maximum absolute atomic E-state index is 6.02. The maximum Gasteiger partial charge on any atom is 0.0900 e. The van der Waals surface area contributed by atoms with E-state index in [1.165, 1.54) is 0 Å². The van der Waals surface area contributed by atoms with Crippen molar-refractivity contribution in [3.8, 4) is 11.3 Å². The van der Waals surface area contributed by atoms with Crippen molar-refractivity contribution in [3.63, 3.8) is 0 Å². The van der Waals surface area contributed by atoms with Gasteiger partial charge in [0.15, 0.2) is 0 Å². The van der Waals surface area contributed by atoms with Gasteiger partial charge in [-0.2, -0.15) is 0 Å². The zero-order valence-electron chi connectivity index (χ0n) is 11.9. The molecule has 0 aliphatic rings. The van der Waals surface area contributed by atoms with Gasteiger partial charge in [0.25, 0.3) is 0 Å². The summed E-state index contributed by atoms with van der Waals surface area (Å²) in [5.41, 5.74) is 14.0. The zero-order chi connectivity index (χ0) is 16.8. The second kappa shape index (κ2) is 8.33. The Balaban J connectivity index is 0.000000185. The van der Waals surface area contributed by atoms with E-state index >= 15 is 0 Å². The summed E-state index contributed by atoms with van der Waals surface area (Å²) in [6.07, 6.45) is 4.91. The standard InChI is InChI=1S/C10H8ClN3.C6H5ClIN/c11-9-5-7(12)1-2-8(9)10-6-13-3-4-14-10;7-5-3-4(9)1-2-6(5)8/h1-6H,12H2;1-3H,9H2. The van der Waals surface area contributed by atoms with Crippen LogP contribution in [0.4, 0.5) is 11.4 Å². The van der Waals surface area contributed by atoms with Crippen LogP contribution in [0.15, 0.2) is 55.0 Å². The van der Waals surface area contributed by atoms with E-state index in [1.807, 2.05) is 18.2 Å². The molecular formula is C16H13Cl2IN4. The molecule has 23 heavy (non-hydrogen) atoms. The van der Waals surface area contributed by atoms with Crippen LogP contribution in [0.2, 0.25) is 10.0 Å². The number of rotatable bonds is 1. The summed E-state index contributed by atoms with van der Waals surface area (Å²) in [4.78, 5) is 8.12. The van der Waals surface area contributed by atoms with Gasteiger partial charge in [0.1, 0.15) is 0 Å². The molecule has 1 aromatic heterocycles. The number of aromatic nitrogens is 2. The summed E-state index contributed by atoms with van der Waals surface area (Å²) in [6, 6.07) is 10.8. The van der Waals surface area contributed by atoms with Crippen molar-refractivity contribution in [1.29, 1.82) is 0 Å². The summed E-state index contributed by atoms with van der Waals surface area (Å²) in [5.74, 6) is 0. The van der Waals surface area contributed by atoms with Crippen molar-refractivity contribution >= 4 is 57.2 Å². The van der Waals surface area contributed by atoms with Gasteiger partial charge >= 0.3 is 0 Å². The molecular weight excluding hydrogens is 446 g/mol. The van der Waals surface area contributed by atoms with Gasteiger partial charge < -0.3 is 11.5 Å². The monoisotopic (exact) mass is 458 g/mol. The third-order valence-corrected chi connectivity index (χ3v) is 4.66. The summed E-state index contributed by atoms with van der Waals surface area (Å²) >= 11 is 13.9. The highest BCUT2D eigenvalue weighted by Crippen LogP contribution is 2.27. The minimum Gasteiger partial charge on any atom is -0.399 e. The van der Waals surface area contributed by atoms with E-state index in [1.54, 1.807) is 36.8 Å². The van der Waals surface area contributed by atoms with Crippen molar-refractivity contribution < 1.29 is 0 Å². The number of hydrogen-bond donors (Lipinski definition) is 2. The smallest absolute Gasteiger partial charge is 0.0900 e. The van der Waals surface area contributed by atoms with E-state index in [9.17, 15) is 0 Å². The van der Waals surface area contributed by atoms with Gasteiger partial charge in [-0.1, -0.05) is 23.2 Å². The Morgan fingerprint density at radius 2 is 1.52 bits per heavy atom. The largest absolute Gasteiger partial charge is 0.399 e. The lowest BCUT2D eigenvalue weighted by Gasteiger charge is -2.03. The molecule has 0 unspecified atom stereocenters. The van der Waals surface area contributed by atoms with Crippen LogP contribution in [-0.2, 0) is 0 Å². The highest BCUT2D eigenvalue weighted by molar-refractivity contribution is 14.1. The highest BCUT2D eigenvalue weighted by Gasteiger charge is 2.04. The lowest BCUT2D eigenvalue weighted by molar-refractivity contribution is 1.21. The molecule has 4 nitrogen and oxygen atoms in total. The first-order valence-corrected chi connectivity index (χ1v) is 8.33. The van der Waals surface area contributed by atoms with Gasteiger partial charge in [0.05, 0.1) is 21.9 Å². The van der Waals surface area contributed by atoms with E-state index < -0.39 is 0 Å². The fourth-order valence-electron chi connectivity index (χ4n) is 1.69. The Bertz CT molecular complexity index is 797. The van der Waals surface area contributed by atoms with Crippen LogP contribution in [0.1, 0.15) is 0 Å². The Kier molecular flexibility index (Phi) is 6.44. The average molecular weight is 459 g/mol. The van der Waals surface area contributed by atoms with Crippen LogP contribution in [0, 0.1) is 3.57 Å². The van der Waals surface area contributed by atoms with E-state index in [2.05, 4.69) is 32.6 Å². The summed E-state index contributed by atoms with van der Waals surface area (Å²) < 4.78 is 1.03. The molecule has 0 bridgehead atoms. The van der Waals surface area contributed by atoms with E-state index in [0.717, 1.165) is 19.9 Å². The lowest BCUT2D eigenvalue weighted by atomic mass is 10.1. The van der Waals surface area contributed by atoms with Crippen LogP contribution in [0.3, 0.4) is 0 Å². The SMILES string of the molecule is Nc1ccc(-c2cnccn2)c(Cl)c1.Nc1ccc(I)c(Cl)c1. The summed E-state index contributed by atoms with van der Waals surface area (Å²) in [6.45, 7) is 0. The maximum atomic E-state index is 6.02. The highest BCUT2D eigenvalue weighted by atomic mass is 127. The summed E-state index contributed by atoms with van der Waals surface area (Å²) in [7, 11) is 0. The number of anilines is 2. The molecule has 0 aliphatic carbocycles. The average Bonchev–Trinajstić information content (AvgIpc) is 2.53. The predicted molar refractivity (Wildman–Crippen MR) is 105 cm³/mol. The van der Waals surface area contributed by atoms with Crippen molar-refractivity contribution in [1.82, 2.24) is 9.97 Å². The van der Waals surface area contributed by atoms with Crippen LogP contribution in [0.5, 0.6) is 0 Å². The summed E-state index contributed by atoms with van der Waals surface area (Å²) in [5, 5.41) is 1.31. The third-order valence-electron chi connectivity index (χ3n) is 2.78. The molecule has 0 atom stereocenters. The molecule has 0 saturated heterocycles. The van der Waals surface area contributed by atoms with Crippen molar-refractivity contribution in [2.75, 3.05) is 11.5 Å². The van der Waals surface area contributed by atoms with Gasteiger partial charge in [-0.25, -0.2) is 0 Å². The van der Waals surface area contributed by atoms with Gasteiger partial charge in [0, 0.05) is 32.9 Å². The second-order valence-corrected chi connectivity index (χ2v) is 6.48. The number of halogens is 3. The molecule has 3 aromatic rings. The molecule has 1 heterocycles. The first kappa shape index (κ1) is 17.8. The molecule has 0 spiro atoms. The first-order chi connectivity index (χ1) is 11.0. The van der Waals surface area contributed by atoms with Crippen LogP contribution in [-0.4, -0.2) is 9.97 Å². The minimum absolute atomic E-state index is 0.588. The topological polar surface area (TPSA) is 77.8 Å². The molecule has 118 valence electrons. The normalized spacial score (nSPS) is 9.87. The second-order valence-electron chi connectivity index (χ2n) is 4.50. The fourth-order valence-corrected chi connectivity index (χ4v) is 2.50. The minimum atomic E-state index is 0.588. The Morgan fingerprint density at radius 1 is 0.870 bits per heavy atom. The quantitative estimate of drug-likeness (QED) is 0.401. The van der Waals surface area contributed by atoms with Crippen molar-refractivity contribution in [2.24, 2.45) is 0 Å². The number of nitrogens with zero attached hydrogens (tertiary/aromatic N) is 2. The fraction of sp³-hybridized carbons (Fsp3) is 0. The molecule has 4 N–H and O–H groups in total. The van der Waals surface area contributed by atoms with Gasteiger partial charge in [-0.3, -0.25) is 9.97 Å². The third kappa shape index (κ3) is 5.23. The van der Waals surface area contributed by atoms with Gasteiger partial charge in [-0.15, -0.1) is 0 Å².